The minimum absolute atomic E-state index is 0.156. The molecule has 5 heterocycles. The smallest absolute Gasteiger partial charge is 0.407 e. The number of aromatic amines is 2. The number of rotatable bonds is 10. The zero-order chi connectivity index (χ0) is 40.5. The lowest BCUT2D eigenvalue weighted by molar-refractivity contribution is -0.135. The first-order valence-corrected chi connectivity index (χ1v) is 20.8. The highest BCUT2D eigenvalue weighted by Gasteiger charge is 2.39. The third-order valence-electron chi connectivity index (χ3n) is 10.2. The number of thioether (sulfide) groups is 2. The molecule has 7 rings (SSSR count). The molecule has 0 aliphatic carbocycles. The Hall–Kier alpha value is -5.49. The van der Waals surface area contributed by atoms with Crippen molar-refractivity contribution in [3.63, 3.8) is 0 Å². The van der Waals surface area contributed by atoms with Gasteiger partial charge in [0, 0.05) is 22.6 Å². The molecule has 18 heteroatoms. The molecule has 16 nitrogen and oxygen atoms in total. The highest BCUT2D eigenvalue weighted by molar-refractivity contribution is 7.99. The number of hydrogen-bond acceptors (Lipinski definition) is 12. The zero-order valence-electron chi connectivity index (χ0n) is 32.3. The second-order valence-corrected chi connectivity index (χ2v) is 16.6. The van der Waals surface area contributed by atoms with E-state index in [1.165, 1.54) is 14.2 Å². The van der Waals surface area contributed by atoms with E-state index in [0.717, 1.165) is 11.1 Å². The molecule has 2 aliphatic rings. The Bertz CT molecular complexity index is 2390. The van der Waals surface area contributed by atoms with E-state index in [2.05, 4.69) is 30.6 Å². The van der Waals surface area contributed by atoms with Crippen LogP contribution in [0.4, 0.5) is 9.59 Å². The molecule has 4 amide bonds. The van der Waals surface area contributed by atoms with Crippen LogP contribution < -0.4 is 16.1 Å². The number of fused-ring (bicyclic) bond motifs is 2. The lowest BCUT2D eigenvalue weighted by Gasteiger charge is -2.29. The van der Waals surface area contributed by atoms with Crippen LogP contribution >= 0.6 is 23.5 Å². The number of hydrogen-bond donors (Lipinski definition) is 4. The van der Waals surface area contributed by atoms with E-state index in [1.807, 2.05) is 39.8 Å². The Morgan fingerprint density at radius 2 is 1.23 bits per heavy atom. The molecule has 2 fully saturated rings. The summed E-state index contributed by atoms with van der Waals surface area (Å²) in [7, 11) is 2.53. The van der Waals surface area contributed by atoms with Crippen molar-refractivity contribution in [3.05, 3.63) is 70.7 Å². The topological polar surface area (TPSA) is 205 Å². The van der Waals surface area contributed by atoms with Gasteiger partial charge in [-0.15, -0.1) is 23.5 Å². The fourth-order valence-electron chi connectivity index (χ4n) is 7.02. The maximum atomic E-state index is 13.9. The van der Waals surface area contributed by atoms with E-state index < -0.39 is 24.3 Å². The molecule has 0 saturated carbocycles. The Labute approximate surface area is 336 Å². The van der Waals surface area contributed by atoms with Gasteiger partial charge in [0.2, 0.25) is 17.2 Å². The average Bonchev–Trinajstić information content (AvgIpc) is 4.05. The van der Waals surface area contributed by atoms with Crippen molar-refractivity contribution in [2.24, 2.45) is 11.8 Å². The molecule has 300 valence electrons. The summed E-state index contributed by atoms with van der Waals surface area (Å²) >= 11 is 3.20. The molecule has 5 aromatic rings. The minimum atomic E-state index is -0.753. The van der Waals surface area contributed by atoms with Crippen LogP contribution in [-0.2, 0) is 19.1 Å². The molecule has 2 aromatic carbocycles. The van der Waals surface area contributed by atoms with Crippen molar-refractivity contribution < 1.29 is 33.1 Å². The summed E-state index contributed by atoms with van der Waals surface area (Å²) in [5, 5.41) is 6.13. The van der Waals surface area contributed by atoms with Gasteiger partial charge in [0.05, 0.1) is 72.6 Å². The normalized spacial score (nSPS) is 18.0. The first kappa shape index (κ1) is 39.7. The van der Waals surface area contributed by atoms with Gasteiger partial charge in [-0.05, 0) is 42.2 Å². The second-order valence-electron chi connectivity index (χ2n) is 14.6. The van der Waals surface area contributed by atoms with Gasteiger partial charge in [0.15, 0.2) is 0 Å². The fourth-order valence-corrected chi connectivity index (χ4v) is 9.36. The van der Waals surface area contributed by atoms with Crippen LogP contribution in [0.5, 0.6) is 0 Å². The largest absolute Gasteiger partial charge is 0.456 e. The van der Waals surface area contributed by atoms with E-state index in [-0.39, 0.29) is 41.2 Å². The van der Waals surface area contributed by atoms with Gasteiger partial charge in [-0.25, -0.2) is 19.6 Å². The van der Waals surface area contributed by atoms with Crippen LogP contribution in [0.25, 0.3) is 44.5 Å². The number of amides is 4. The van der Waals surface area contributed by atoms with Crippen LogP contribution in [0.15, 0.2) is 58.0 Å². The molecular formula is C39H44N8O8S2. The van der Waals surface area contributed by atoms with Gasteiger partial charge in [-0.2, -0.15) is 0 Å². The van der Waals surface area contributed by atoms with Crippen molar-refractivity contribution in [2.75, 3.05) is 37.5 Å². The number of imidazole rings is 2. The molecule has 57 heavy (non-hydrogen) atoms. The number of nitrogens with one attached hydrogen (secondary N) is 4. The van der Waals surface area contributed by atoms with E-state index in [4.69, 9.17) is 13.9 Å². The number of aromatic nitrogens is 4. The highest BCUT2D eigenvalue weighted by atomic mass is 32.2. The molecule has 4 atom stereocenters. The van der Waals surface area contributed by atoms with E-state index in [0.29, 0.717) is 68.2 Å². The molecule has 0 bridgehead atoms. The number of benzene rings is 2. The van der Waals surface area contributed by atoms with Gasteiger partial charge in [-0.1, -0.05) is 33.8 Å². The summed E-state index contributed by atoms with van der Waals surface area (Å²) in [5.74, 6) is 2.64. The first-order chi connectivity index (χ1) is 27.4. The van der Waals surface area contributed by atoms with Crippen molar-refractivity contribution in [2.45, 2.75) is 51.9 Å². The predicted molar refractivity (Wildman–Crippen MR) is 217 cm³/mol. The molecule has 3 aromatic heterocycles. The lowest BCUT2D eigenvalue weighted by atomic mass is 10.0. The minimum Gasteiger partial charge on any atom is -0.456 e. The van der Waals surface area contributed by atoms with Crippen LogP contribution in [-0.4, -0.2) is 103 Å². The second kappa shape index (κ2) is 16.5. The summed E-state index contributed by atoms with van der Waals surface area (Å²) in [5.41, 5.74) is 3.47. The number of carbonyl (C=O) groups is 4. The zero-order valence-corrected chi connectivity index (χ0v) is 33.9. The Morgan fingerprint density at radius 3 is 1.72 bits per heavy atom. The van der Waals surface area contributed by atoms with Crippen molar-refractivity contribution in [1.82, 2.24) is 40.4 Å². The van der Waals surface area contributed by atoms with Gasteiger partial charge in [-0.3, -0.25) is 14.4 Å². The monoisotopic (exact) mass is 816 g/mol. The van der Waals surface area contributed by atoms with Crippen molar-refractivity contribution in [3.8, 4) is 22.5 Å². The highest BCUT2D eigenvalue weighted by Crippen LogP contribution is 2.36. The third kappa shape index (κ3) is 7.92. The van der Waals surface area contributed by atoms with Crippen LogP contribution in [0.3, 0.4) is 0 Å². The maximum absolute atomic E-state index is 13.9. The Morgan fingerprint density at radius 1 is 0.737 bits per heavy atom. The molecule has 0 unspecified atom stereocenters. The fraction of sp³-hybridized carbons (Fsp3) is 0.410. The molecule has 0 spiro atoms. The van der Waals surface area contributed by atoms with E-state index in [1.54, 1.807) is 70.0 Å². The van der Waals surface area contributed by atoms with Gasteiger partial charge in [0.1, 0.15) is 34.9 Å². The Kier molecular flexibility index (Phi) is 11.5. The van der Waals surface area contributed by atoms with Crippen molar-refractivity contribution >= 4 is 69.5 Å². The third-order valence-corrected chi connectivity index (χ3v) is 12.3. The summed E-state index contributed by atoms with van der Waals surface area (Å²) in [6.07, 6.45) is 2.05. The number of carbonyl (C=O) groups excluding carboxylic acids is 4. The predicted octanol–water partition coefficient (Wildman–Crippen LogP) is 5.64. The number of nitrogens with zero attached hydrogens (tertiary/aromatic N) is 4. The molecule has 2 aliphatic heterocycles. The maximum Gasteiger partial charge on any atom is 0.407 e. The first-order valence-electron chi connectivity index (χ1n) is 18.4. The number of alkyl carbamates (subject to hydrolysis) is 2. The standard InChI is InChI=1S/C39H44N8O8S2/c1-19(2)31(44-38(51)53-5)36(49)46-17-56-15-27(46)34-40-13-25(42-34)21-8-10-29-24(11-21)33(48)23-9-7-22(12-30(23)55-29)26-14-41-35(43-26)28-16-57-18-47(28)37(50)32(20(3)4)45-39(52)54-6/h7-14,19-20,27-28,31-32H,15-18H2,1-6H3,(H,40,42)(H,41,43)(H,44,51)(H,45,52)/t27-,28-,31-,32-/m0/s1. The number of ether oxygens (including phenoxy) is 2. The SMILES string of the molecule is COC(=O)N[C@H](C(=O)N1CSC[C@H]1c1ncc(-c2ccc3c(=O)c4cc(-c5cnc([C@@H]6CSCN6C(=O)[C@@H](NC(=O)OC)C(C)C)[nH]5)ccc4oc3c2)[nH]1)C(C)C. The molecular weight excluding hydrogens is 773 g/mol. The van der Waals surface area contributed by atoms with Crippen LogP contribution in [0, 0.1) is 11.8 Å². The van der Waals surface area contributed by atoms with Gasteiger partial charge >= 0.3 is 12.2 Å². The van der Waals surface area contributed by atoms with Crippen LogP contribution in [0.1, 0.15) is 51.4 Å². The summed E-state index contributed by atoms with van der Waals surface area (Å²) < 4.78 is 15.8. The summed E-state index contributed by atoms with van der Waals surface area (Å²) in [6, 6.07) is 8.55. The quantitative estimate of drug-likeness (QED) is 0.127. The van der Waals surface area contributed by atoms with Gasteiger partial charge in [0.25, 0.3) is 0 Å². The van der Waals surface area contributed by atoms with E-state index >= 15 is 0 Å². The van der Waals surface area contributed by atoms with Gasteiger partial charge < -0.3 is 44.3 Å². The van der Waals surface area contributed by atoms with Crippen LogP contribution in [0.2, 0.25) is 0 Å². The molecule has 0 radical (unpaired) electrons. The molecule has 4 N–H and O–H groups in total. The molecule has 2 saturated heterocycles. The Balaban J connectivity index is 1.10. The number of methoxy groups -OCH3 is 2. The van der Waals surface area contributed by atoms with Crippen molar-refractivity contribution in [1.29, 1.82) is 0 Å². The number of H-pyrrole nitrogens is 2. The lowest BCUT2D eigenvalue weighted by Crippen LogP contribution is -2.51. The van der Waals surface area contributed by atoms with E-state index in [9.17, 15) is 24.0 Å². The summed E-state index contributed by atoms with van der Waals surface area (Å²) in [4.78, 5) is 84.4. The average molecular weight is 817 g/mol. The summed E-state index contributed by atoms with van der Waals surface area (Å²) in [6.45, 7) is 7.46.